The Morgan fingerprint density at radius 3 is 2.15 bits per heavy atom. The number of rotatable bonds is 0. The molecule has 3 aliphatic rings. The van der Waals surface area contributed by atoms with Gasteiger partial charge in [-0.2, -0.15) is 10.2 Å². The van der Waals surface area contributed by atoms with Gasteiger partial charge in [0.1, 0.15) is 0 Å². The van der Waals surface area contributed by atoms with Crippen molar-refractivity contribution in [3.05, 3.63) is 0 Å². The summed E-state index contributed by atoms with van der Waals surface area (Å²) in [6.45, 7) is 12.0. The van der Waals surface area contributed by atoms with Crippen molar-refractivity contribution >= 4 is 11.6 Å². The number of ether oxygens (including phenoxy) is 1. The summed E-state index contributed by atoms with van der Waals surface area (Å²) in [5, 5.41) is 8.32. The Balaban J connectivity index is 2.15. The van der Waals surface area contributed by atoms with E-state index in [0.717, 1.165) is 0 Å². The Labute approximate surface area is 119 Å². The van der Waals surface area contributed by atoms with Crippen molar-refractivity contribution in [3.8, 4) is 0 Å². The number of azo groups is 1. The van der Waals surface area contributed by atoms with Gasteiger partial charge in [-0.05, 0) is 5.41 Å². The van der Waals surface area contributed by atoms with Crippen molar-refractivity contribution in [1.29, 1.82) is 0 Å². The van der Waals surface area contributed by atoms with Gasteiger partial charge in [0.25, 0.3) is 0 Å². The number of ketones is 2. The largest absolute Gasteiger partial charge is 0.349 e. The molecular weight excluding hydrogens is 256 g/mol. The van der Waals surface area contributed by atoms with Crippen LogP contribution in [0.3, 0.4) is 0 Å². The topological polar surface area (TPSA) is 71.4 Å². The van der Waals surface area contributed by atoms with E-state index in [4.69, 9.17) is 4.74 Å². The molecule has 3 rings (SSSR count). The smallest absolute Gasteiger partial charge is 0.195 e. The van der Waals surface area contributed by atoms with Gasteiger partial charge in [-0.25, -0.2) is 0 Å². The summed E-state index contributed by atoms with van der Waals surface area (Å²) in [4.78, 5) is 26.0. The van der Waals surface area contributed by atoms with Crippen LogP contribution in [0.2, 0.25) is 0 Å². The van der Waals surface area contributed by atoms with Crippen LogP contribution in [0.25, 0.3) is 0 Å². The van der Waals surface area contributed by atoms with Gasteiger partial charge in [0.05, 0.1) is 12.5 Å². The van der Waals surface area contributed by atoms with Gasteiger partial charge < -0.3 is 4.74 Å². The van der Waals surface area contributed by atoms with E-state index < -0.39 is 34.0 Å². The SMILES string of the molecule is CC(C)(C)C12N=NCC1C(=O)C1(C(C)(C)C)OC1C2=O. The normalized spacial score (nSPS) is 43.5. The molecule has 4 unspecified atom stereocenters. The first-order valence-corrected chi connectivity index (χ1v) is 7.15. The first-order valence-electron chi connectivity index (χ1n) is 7.15. The quantitative estimate of drug-likeness (QED) is 0.638. The molecule has 2 heterocycles. The summed E-state index contributed by atoms with van der Waals surface area (Å²) >= 11 is 0. The molecule has 1 aliphatic carbocycles. The predicted octanol–water partition coefficient (Wildman–Crippen LogP) is 2.19. The summed E-state index contributed by atoms with van der Waals surface area (Å²) in [5.41, 5.74) is -2.84. The highest BCUT2D eigenvalue weighted by Gasteiger charge is 2.82. The Bertz CT molecular complexity index is 540. The maximum absolute atomic E-state index is 13.0. The predicted molar refractivity (Wildman–Crippen MR) is 72.5 cm³/mol. The van der Waals surface area contributed by atoms with E-state index in [9.17, 15) is 9.59 Å². The lowest BCUT2D eigenvalue weighted by Gasteiger charge is -2.45. The van der Waals surface area contributed by atoms with E-state index in [2.05, 4.69) is 10.2 Å². The van der Waals surface area contributed by atoms with Gasteiger partial charge in [-0.1, -0.05) is 41.5 Å². The van der Waals surface area contributed by atoms with E-state index in [1.165, 1.54) is 0 Å². The van der Waals surface area contributed by atoms with Crippen molar-refractivity contribution in [3.63, 3.8) is 0 Å². The number of hydrogen-bond donors (Lipinski definition) is 0. The van der Waals surface area contributed by atoms with E-state index in [-0.39, 0.29) is 11.6 Å². The maximum Gasteiger partial charge on any atom is 0.195 e. The average Bonchev–Trinajstić information content (AvgIpc) is 2.89. The number of carbonyl (C=O) groups is 2. The van der Waals surface area contributed by atoms with Gasteiger partial charge in [-0.3, -0.25) is 9.59 Å². The number of carbonyl (C=O) groups excluding carboxylic acids is 2. The van der Waals surface area contributed by atoms with Crippen LogP contribution >= 0.6 is 0 Å². The van der Waals surface area contributed by atoms with Crippen molar-refractivity contribution < 1.29 is 14.3 Å². The molecule has 5 nitrogen and oxygen atoms in total. The second-order valence-electron chi connectivity index (χ2n) is 8.21. The molecule has 2 fully saturated rings. The standard InChI is InChI=1S/C15H22N2O3/c1-12(2,3)14-8(7-16-17-14)9(18)15(13(4,5)6)11(20-15)10(14)19/h8,11H,7H2,1-6H3. The number of fused-ring (bicyclic) bond motifs is 2. The molecule has 2 aliphatic heterocycles. The highest BCUT2D eigenvalue weighted by Crippen LogP contribution is 2.62. The first-order chi connectivity index (χ1) is 9.00. The molecular formula is C15H22N2O3. The van der Waals surface area contributed by atoms with Crippen LogP contribution in [-0.2, 0) is 14.3 Å². The summed E-state index contributed by atoms with van der Waals surface area (Å²) < 4.78 is 5.71. The first kappa shape index (κ1) is 13.9. The molecule has 0 aromatic carbocycles. The highest BCUT2D eigenvalue weighted by molar-refractivity contribution is 6.14. The van der Waals surface area contributed by atoms with Crippen molar-refractivity contribution in [1.82, 2.24) is 0 Å². The molecule has 0 bridgehead atoms. The van der Waals surface area contributed by atoms with Crippen LogP contribution in [0.5, 0.6) is 0 Å². The van der Waals surface area contributed by atoms with Gasteiger partial charge in [-0.15, -0.1) is 0 Å². The third-order valence-electron chi connectivity index (χ3n) is 5.17. The fourth-order valence-electron chi connectivity index (χ4n) is 3.95. The van der Waals surface area contributed by atoms with Gasteiger partial charge in [0, 0.05) is 5.41 Å². The van der Waals surface area contributed by atoms with Crippen LogP contribution in [0.15, 0.2) is 10.2 Å². The van der Waals surface area contributed by atoms with Crippen molar-refractivity contribution in [2.45, 2.75) is 58.8 Å². The lowest BCUT2D eigenvalue weighted by Crippen LogP contribution is -2.65. The number of nitrogens with zero attached hydrogens (tertiary/aromatic N) is 2. The fourth-order valence-corrected chi connectivity index (χ4v) is 3.95. The van der Waals surface area contributed by atoms with E-state index >= 15 is 0 Å². The van der Waals surface area contributed by atoms with E-state index in [1.54, 1.807) is 0 Å². The molecule has 0 N–H and O–H groups in total. The molecule has 1 saturated carbocycles. The molecule has 0 amide bonds. The summed E-state index contributed by atoms with van der Waals surface area (Å²) in [6, 6.07) is 0. The lowest BCUT2D eigenvalue weighted by atomic mass is 9.55. The molecule has 0 spiro atoms. The second kappa shape index (κ2) is 3.38. The van der Waals surface area contributed by atoms with Crippen LogP contribution in [0, 0.1) is 16.7 Å². The minimum absolute atomic E-state index is 0.00882. The molecule has 0 radical (unpaired) electrons. The Morgan fingerprint density at radius 2 is 1.65 bits per heavy atom. The minimum Gasteiger partial charge on any atom is -0.349 e. The third-order valence-corrected chi connectivity index (χ3v) is 5.17. The lowest BCUT2D eigenvalue weighted by molar-refractivity contribution is -0.145. The summed E-state index contributed by atoms with van der Waals surface area (Å²) in [6.07, 6.45) is -0.650. The number of Topliss-reactive ketones (excluding diaryl/α,β-unsaturated/α-hetero) is 2. The number of epoxide rings is 1. The molecule has 1 saturated heterocycles. The Kier molecular flexibility index (Phi) is 2.34. The second-order valence-corrected chi connectivity index (χ2v) is 8.21. The number of hydrogen-bond acceptors (Lipinski definition) is 5. The maximum atomic E-state index is 13.0. The highest BCUT2D eigenvalue weighted by atomic mass is 16.6. The minimum atomic E-state index is -1.04. The van der Waals surface area contributed by atoms with Gasteiger partial charge in [0.15, 0.2) is 28.8 Å². The molecule has 0 aromatic rings. The Morgan fingerprint density at radius 1 is 1.05 bits per heavy atom. The van der Waals surface area contributed by atoms with Crippen LogP contribution in [0.4, 0.5) is 0 Å². The van der Waals surface area contributed by atoms with Crippen molar-refractivity contribution in [2.24, 2.45) is 27.0 Å². The zero-order chi connectivity index (χ0) is 15.1. The molecule has 4 atom stereocenters. The monoisotopic (exact) mass is 278 g/mol. The van der Waals surface area contributed by atoms with Crippen LogP contribution in [0.1, 0.15) is 41.5 Å². The Hall–Kier alpha value is -1.10. The zero-order valence-corrected chi connectivity index (χ0v) is 13.0. The summed E-state index contributed by atoms with van der Waals surface area (Å²) in [5.74, 6) is -0.534. The average molecular weight is 278 g/mol. The molecule has 110 valence electrons. The van der Waals surface area contributed by atoms with Gasteiger partial charge in [0.2, 0.25) is 0 Å². The van der Waals surface area contributed by atoms with E-state index in [0.29, 0.717) is 6.54 Å². The molecule has 5 heteroatoms. The van der Waals surface area contributed by atoms with Gasteiger partial charge >= 0.3 is 0 Å². The zero-order valence-electron chi connectivity index (χ0n) is 13.0. The molecule has 20 heavy (non-hydrogen) atoms. The van der Waals surface area contributed by atoms with Crippen LogP contribution in [-0.4, -0.2) is 35.4 Å². The summed E-state index contributed by atoms with van der Waals surface area (Å²) in [7, 11) is 0. The fraction of sp³-hybridized carbons (Fsp3) is 0.867. The van der Waals surface area contributed by atoms with E-state index in [1.807, 2.05) is 41.5 Å². The van der Waals surface area contributed by atoms with Crippen molar-refractivity contribution in [2.75, 3.05) is 6.54 Å². The third kappa shape index (κ3) is 1.23. The molecule has 0 aromatic heterocycles. The van der Waals surface area contributed by atoms with Crippen LogP contribution < -0.4 is 0 Å².